The molecule has 1 saturated heterocycles. The van der Waals surface area contributed by atoms with E-state index in [2.05, 4.69) is 28.7 Å². The molecule has 1 N–H and O–H groups in total. The van der Waals surface area contributed by atoms with Crippen molar-refractivity contribution in [2.75, 3.05) is 13.1 Å². The van der Waals surface area contributed by atoms with Gasteiger partial charge in [-0.3, -0.25) is 0 Å². The first-order valence-electron chi connectivity index (χ1n) is 9.73. The van der Waals surface area contributed by atoms with E-state index in [-0.39, 0.29) is 6.03 Å². The second-order valence-corrected chi connectivity index (χ2v) is 7.56. The molecule has 24 heavy (non-hydrogen) atoms. The Labute approximate surface area is 145 Å². The van der Waals surface area contributed by atoms with Crippen LogP contribution in [0.2, 0.25) is 0 Å². The van der Waals surface area contributed by atoms with Gasteiger partial charge in [-0.25, -0.2) is 9.78 Å². The van der Waals surface area contributed by atoms with E-state index in [0.29, 0.717) is 12.0 Å². The molecule has 2 heterocycles. The minimum absolute atomic E-state index is 0.150. The second-order valence-electron chi connectivity index (χ2n) is 7.56. The summed E-state index contributed by atoms with van der Waals surface area (Å²) in [7, 11) is 0. The molecule has 1 unspecified atom stereocenters. The van der Waals surface area contributed by atoms with Crippen molar-refractivity contribution in [2.45, 2.75) is 77.8 Å². The highest BCUT2D eigenvalue weighted by Crippen LogP contribution is 2.22. The van der Waals surface area contributed by atoms with E-state index < -0.39 is 0 Å². The van der Waals surface area contributed by atoms with Crippen LogP contribution in [-0.4, -0.2) is 39.6 Å². The largest absolute Gasteiger partial charge is 0.335 e. The number of aromatic nitrogens is 2. The van der Waals surface area contributed by atoms with Crippen LogP contribution < -0.4 is 5.32 Å². The van der Waals surface area contributed by atoms with E-state index in [0.717, 1.165) is 51.7 Å². The average molecular weight is 332 g/mol. The van der Waals surface area contributed by atoms with Gasteiger partial charge in [0.15, 0.2) is 0 Å². The molecule has 1 saturated carbocycles. The minimum Gasteiger partial charge on any atom is -0.335 e. The fraction of sp³-hybridized carbons (Fsp3) is 0.789. The Hall–Kier alpha value is -1.52. The summed E-state index contributed by atoms with van der Waals surface area (Å²) in [5, 5.41) is 3.25. The topological polar surface area (TPSA) is 50.2 Å². The van der Waals surface area contributed by atoms with E-state index in [4.69, 9.17) is 0 Å². The van der Waals surface area contributed by atoms with Gasteiger partial charge in [-0.05, 0) is 38.5 Å². The number of amides is 2. The van der Waals surface area contributed by atoms with E-state index in [9.17, 15) is 4.79 Å². The van der Waals surface area contributed by atoms with Crippen LogP contribution in [0.5, 0.6) is 0 Å². The quantitative estimate of drug-likeness (QED) is 0.897. The first kappa shape index (κ1) is 17.3. The predicted molar refractivity (Wildman–Crippen MR) is 96.0 cm³/mol. The van der Waals surface area contributed by atoms with Gasteiger partial charge >= 0.3 is 6.03 Å². The third kappa shape index (κ3) is 4.11. The van der Waals surface area contributed by atoms with Crippen molar-refractivity contribution >= 4 is 6.03 Å². The molecule has 2 fully saturated rings. The zero-order valence-electron chi connectivity index (χ0n) is 15.3. The Morgan fingerprint density at radius 1 is 1.29 bits per heavy atom. The van der Waals surface area contributed by atoms with E-state index in [1.165, 1.54) is 30.8 Å². The van der Waals surface area contributed by atoms with Gasteiger partial charge < -0.3 is 14.8 Å². The highest BCUT2D eigenvalue weighted by molar-refractivity contribution is 5.74. The van der Waals surface area contributed by atoms with Gasteiger partial charge in [-0.2, -0.15) is 0 Å². The summed E-state index contributed by atoms with van der Waals surface area (Å²) in [6.45, 7) is 7.13. The molecule has 0 radical (unpaired) electrons. The van der Waals surface area contributed by atoms with Crippen molar-refractivity contribution in [1.29, 1.82) is 0 Å². The lowest BCUT2D eigenvalue weighted by molar-refractivity contribution is 0.198. The van der Waals surface area contributed by atoms with E-state index in [1.54, 1.807) is 0 Å². The molecule has 1 aliphatic heterocycles. The molecule has 134 valence electrons. The number of nitrogens with one attached hydrogen (secondary N) is 1. The molecule has 3 rings (SSSR count). The highest BCUT2D eigenvalue weighted by Gasteiger charge is 2.28. The number of nitrogens with zero attached hydrogens (tertiary/aromatic N) is 3. The van der Waals surface area contributed by atoms with Gasteiger partial charge in [-0.15, -0.1) is 0 Å². The maximum absolute atomic E-state index is 12.5. The number of urea groups is 1. The van der Waals surface area contributed by atoms with Crippen molar-refractivity contribution in [2.24, 2.45) is 5.92 Å². The number of hydrogen-bond acceptors (Lipinski definition) is 2. The molecule has 5 heteroatoms. The molecule has 5 nitrogen and oxygen atoms in total. The van der Waals surface area contributed by atoms with Crippen LogP contribution in [0.25, 0.3) is 0 Å². The molecular weight excluding hydrogens is 300 g/mol. The molecule has 2 aliphatic rings. The lowest BCUT2D eigenvalue weighted by Crippen LogP contribution is -2.44. The summed E-state index contributed by atoms with van der Waals surface area (Å²) in [6, 6.07) is 0.550. The summed E-state index contributed by atoms with van der Waals surface area (Å²) in [5.74, 6) is 1.73. The second kappa shape index (κ2) is 8.04. The van der Waals surface area contributed by atoms with Crippen LogP contribution in [0, 0.1) is 12.8 Å². The molecule has 1 aromatic rings. The Bertz CT molecular complexity index is 548. The zero-order valence-corrected chi connectivity index (χ0v) is 15.3. The minimum atomic E-state index is 0.150. The Morgan fingerprint density at radius 2 is 2.08 bits per heavy atom. The van der Waals surface area contributed by atoms with Gasteiger partial charge in [0.25, 0.3) is 0 Å². The maximum atomic E-state index is 12.5. The third-order valence-corrected chi connectivity index (χ3v) is 5.56. The molecule has 1 aromatic heterocycles. The smallest absolute Gasteiger partial charge is 0.317 e. The predicted octanol–water partition coefficient (Wildman–Crippen LogP) is 3.51. The van der Waals surface area contributed by atoms with Crippen LogP contribution >= 0.6 is 0 Å². The Kier molecular flexibility index (Phi) is 5.80. The number of hydrogen-bond donors (Lipinski definition) is 1. The van der Waals surface area contributed by atoms with Crippen LogP contribution in [-0.2, 0) is 13.0 Å². The highest BCUT2D eigenvalue weighted by atomic mass is 16.2. The molecular formula is C19H32N4O. The van der Waals surface area contributed by atoms with Gasteiger partial charge in [0.1, 0.15) is 5.82 Å². The number of carbonyl (C=O) groups is 1. The van der Waals surface area contributed by atoms with Crippen molar-refractivity contribution in [3.63, 3.8) is 0 Å². The van der Waals surface area contributed by atoms with Crippen molar-refractivity contribution in [3.8, 4) is 0 Å². The number of carbonyl (C=O) groups excluding carboxylic acids is 1. The van der Waals surface area contributed by atoms with Gasteiger partial charge in [-0.1, -0.05) is 26.2 Å². The molecule has 0 bridgehead atoms. The Balaban J connectivity index is 1.51. The summed E-state index contributed by atoms with van der Waals surface area (Å²) in [5.41, 5.74) is 1.25. The van der Waals surface area contributed by atoms with Gasteiger partial charge in [0.2, 0.25) is 0 Å². The summed E-state index contributed by atoms with van der Waals surface area (Å²) >= 11 is 0. The van der Waals surface area contributed by atoms with Crippen LogP contribution in [0.3, 0.4) is 0 Å². The summed E-state index contributed by atoms with van der Waals surface area (Å²) in [4.78, 5) is 19.1. The van der Waals surface area contributed by atoms with Crippen molar-refractivity contribution < 1.29 is 4.79 Å². The van der Waals surface area contributed by atoms with Crippen molar-refractivity contribution in [1.82, 2.24) is 19.8 Å². The monoisotopic (exact) mass is 332 g/mol. The van der Waals surface area contributed by atoms with Crippen LogP contribution in [0.15, 0.2) is 6.20 Å². The first-order chi connectivity index (χ1) is 11.7. The molecule has 0 spiro atoms. The lowest BCUT2D eigenvalue weighted by atomic mass is 9.96. The van der Waals surface area contributed by atoms with Crippen molar-refractivity contribution in [3.05, 3.63) is 17.7 Å². The number of likely N-dealkylation sites (tertiary alicyclic amines) is 1. The number of imidazole rings is 1. The molecule has 2 amide bonds. The lowest BCUT2D eigenvalue weighted by Gasteiger charge is -2.26. The summed E-state index contributed by atoms with van der Waals surface area (Å²) < 4.78 is 2.34. The molecule has 1 aliphatic carbocycles. The zero-order chi connectivity index (χ0) is 16.9. The fourth-order valence-electron chi connectivity index (χ4n) is 4.16. The summed E-state index contributed by atoms with van der Waals surface area (Å²) in [6.07, 6.45) is 11.3. The fourth-order valence-corrected chi connectivity index (χ4v) is 4.16. The maximum Gasteiger partial charge on any atom is 0.317 e. The standard InChI is InChI=1S/C19H32N4O/c1-3-10-23-15(2)13-20-18(23)12-16-9-11-22(14-16)19(24)21-17-7-5-4-6-8-17/h13,16-17H,3-12,14H2,1-2H3,(H,21,24). The Morgan fingerprint density at radius 3 is 2.83 bits per heavy atom. The van der Waals surface area contributed by atoms with E-state index >= 15 is 0 Å². The van der Waals surface area contributed by atoms with Crippen LogP contribution in [0.4, 0.5) is 4.79 Å². The molecule has 1 atom stereocenters. The van der Waals surface area contributed by atoms with Gasteiger partial charge in [0.05, 0.1) is 0 Å². The van der Waals surface area contributed by atoms with Crippen LogP contribution in [0.1, 0.15) is 63.4 Å². The number of rotatable bonds is 5. The molecule has 0 aromatic carbocycles. The normalized spacial score (nSPS) is 22.1. The SMILES string of the molecule is CCCn1c(C)cnc1CC1CCN(C(=O)NC2CCCCC2)C1. The van der Waals surface area contributed by atoms with Gasteiger partial charge in [0, 0.05) is 44.0 Å². The average Bonchev–Trinajstić information content (AvgIpc) is 3.18. The third-order valence-electron chi connectivity index (χ3n) is 5.56. The first-order valence-corrected chi connectivity index (χ1v) is 9.73. The number of aryl methyl sites for hydroxylation is 1. The van der Waals surface area contributed by atoms with E-state index in [1.807, 2.05) is 11.1 Å².